The summed E-state index contributed by atoms with van der Waals surface area (Å²) in [7, 11) is 0. The molecular formula is C17H16ClN3O3. The van der Waals surface area contributed by atoms with Crippen molar-refractivity contribution in [1.82, 2.24) is 10.7 Å². The third kappa shape index (κ3) is 5.40. The lowest BCUT2D eigenvalue weighted by Gasteiger charge is -2.06. The number of nitrogens with one attached hydrogen (secondary N) is 2. The van der Waals surface area contributed by atoms with Crippen LogP contribution in [0.25, 0.3) is 0 Å². The maximum Gasteiger partial charge on any atom is 0.252 e. The van der Waals surface area contributed by atoms with Gasteiger partial charge >= 0.3 is 0 Å². The Bertz CT molecular complexity index is 745. The molecule has 0 aliphatic rings. The minimum Gasteiger partial charge on any atom is -0.508 e. The van der Waals surface area contributed by atoms with E-state index in [0.717, 1.165) is 5.56 Å². The van der Waals surface area contributed by atoms with Crippen LogP contribution in [0.5, 0.6) is 5.75 Å². The molecule has 24 heavy (non-hydrogen) atoms. The fourth-order valence-electron chi connectivity index (χ4n) is 1.83. The first-order valence-electron chi connectivity index (χ1n) is 7.20. The summed E-state index contributed by atoms with van der Waals surface area (Å²) in [5.74, 6) is -0.504. The quantitative estimate of drug-likeness (QED) is 0.554. The van der Waals surface area contributed by atoms with E-state index in [4.69, 9.17) is 16.7 Å². The summed E-state index contributed by atoms with van der Waals surface area (Å²) in [6.45, 7) is 0.171. The molecule has 0 heterocycles. The molecule has 0 unspecified atom stereocenters. The zero-order valence-electron chi connectivity index (χ0n) is 12.7. The van der Waals surface area contributed by atoms with Gasteiger partial charge < -0.3 is 10.4 Å². The van der Waals surface area contributed by atoms with Crippen LogP contribution >= 0.6 is 11.6 Å². The molecule has 2 aromatic rings. The summed E-state index contributed by atoms with van der Waals surface area (Å²) in [6.07, 6.45) is 1.54. The van der Waals surface area contributed by atoms with Gasteiger partial charge in [-0.3, -0.25) is 9.59 Å². The van der Waals surface area contributed by atoms with E-state index in [9.17, 15) is 9.59 Å². The second-order valence-corrected chi connectivity index (χ2v) is 5.28. The number of benzene rings is 2. The highest BCUT2D eigenvalue weighted by Gasteiger charge is 2.09. The van der Waals surface area contributed by atoms with Gasteiger partial charge in [0.15, 0.2) is 0 Å². The third-order valence-corrected chi connectivity index (χ3v) is 3.38. The van der Waals surface area contributed by atoms with Crippen LogP contribution in [-0.2, 0) is 4.79 Å². The molecule has 0 aromatic heterocycles. The van der Waals surface area contributed by atoms with Crippen LogP contribution in [0.15, 0.2) is 53.6 Å². The Labute approximate surface area is 144 Å². The van der Waals surface area contributed by atoms with Gasteiger partial charge in [0.1, 0.15) is 5.75 Å². The highest BCUT2D eigenvalue weighted by molar-refractivity contribution is 6.33. The van der Waals surface area contributed by atoms with Crippen LogP contribution in [0.1, 0.15) is 22.3 Å². The molecule has 2 rings (SSSR count). The number of carbonyl (C=O) groups is 2. The Morgan fingerprint density at radius 3 is 2.54 bits per heavy atom. The lowest BCUT2D eigenvalue weighted by Crippen LogP contribution is -2.29. The second kappa shape index (κ2) is 8.69. The molecule has 3 N–H and O–H groups in total. The van der Waals surface area contributed by atoms with E-state index >= 15 is 0 Å². The van der Waals surface area contributed by atoms with Crippen molar-refractivity contribution in [1.29, 1.82) is 0 Å². The fourth-order valence-corrected chi connectivity index (χ4v) is 2.05. The first kappa shape index (κ1) is 17.5. The lowest BCUT2D eigenvalue weighted by molar-refractivity contribution is -0.120. The average Bonchev–Trinajstić information content (AvgIpc) is 2.57. The number of hydrogen-bond donors (Lipinski definition) is 3. The minimum absolute atomic E-state index is 0.0864. The number of hydrogen-bond acceptors (Lipinski definition) is 4. The van der Waals surface area contributed by atoms with Crippen molar-refractivity contribution in [3.8, 4) is 5.75 Å². The number of nitrogens with zero attached hydrogens (tertiary/aromatic N) is 1. The molecule has 2 aromatic carbocycles. The predicted molar refractivity (Wildman–Crippen MR) is 92.2 cm³/mol. The number of hydrazone groups is 1. The number of aromatic hydroxyl groups is 1. The molecular weight excluding hydrogens is 330 g/mol. The standard InChI is InChI=1S/C17H16ClN3O3/c18-15-4-2-1-3-14(15)17(24)19-10-9-16(23)21-20-11-12-5-7-13(22)8-6-12/h1-8,11,22H,9-10H2,(H,19,24)(H,21,23). The summed E-state index contributed by atoms with van der Waals surface area (Å²) < 4.78 is 0. The SMILES string of the molecule is O=C(CCNC(=O)c1ccccc1Cl)NN=Cc1ccc(O)cc1. The number of amides is 2. The van der Waals surface area contributed by atoms with Crippen molar-refractivity contribution < 1.29 is 14.7 Å². The topological polar surface area (TPSA) is 90.8 Å². The zero-order valence-corrected chi connectivity index (χ0v) is 13.5. The average molecular weight is 346 g/mol. The Balaban J connectivity index is 1.72. The Morgan fingerprint density at radius 2 is 1.83 bits per heavy atom. The highest BCUT2D eigenvalue weighted by atomic mass is 35.5. The van der Waals surface area contributed by atoms with Crippen molar-refractivity contribution in [3.63, 3.8) is 0 Å². The van der Waals surface area contributed by atoms with Crippen LogP contribution in [0.3, 0.4) is 0 Å². The van der Waals surface area contributed by atoms with Gasteiger partial charge in [0.2, 0.25) is 5.91 Å². The number of phenols is 1. The van der Waals surface area contributed by atoms with E-state index in [2.05, 4.69) is 15.8 Å². The van der Waals surface area contributed by atoms with Gasteiger partial charge in [-0.05, 0) is 42.0 Å². The minimum atomic E-state index is -0.332. The Kier molecular flexibility index (Phi) is 6.33. The smallest absolute Gasteiger partial charge is 0.252 e. The summed E-state index contributed by atoms with van der Waals surface area (Å²) in [5, 5.41) is 15.9. The first-order valence-corrected chi connectivity index (χ1v) is 7.58. The first-order chi connectivity index (χ1) is 11.6. The van der Waals surface area contributed by atoms with Crippen LogP contribution in [0.2, 0.25) is 5.02 Å². The van der Waals surface area contributed by atoms with Crippen molar-refractivity contribution >= 4 is 29.6 Å². The van der Waals surface area contributed by atoms with Gasteiger partial charge in [-0.25, -0.2) is 5.43 Å². The van der Waals surface area contributed by atoms with E-state index in [1.54, 1.807) is 36.4 Å². The number of phenolic OH excluding ortho intramolecular Hbond substituents is 1. The van der Waals surface area contributed by atoms with Gasteiger partial charge in [-0.15, -0.1) is 0 Å². The summed E-state index contributed by atoms with van der Waals surface area (Å²) in [4.78, 5) is 23.5. The van der Waals surface area contributed by atoms with E-state index < -0.39 is 0 Å². The molecule has 0 fully saturated rings. The van der Waals surface area contributed by atoms with Gasteiger partial charge in [0.25, 0.3) is 5.91 Å². The van der Waals surface area contributed by atoms with Gasteiger partial charge in [0, 0.05) is 13.0 Å². The maximum atomic E-state index is 11.9. The molecule has 0 aliphatic carbocycles. The van der Waals surface area contributed by atoms with Crippen LogP contribution < -0.4 is 10.7 Å². The molecule has 0 atom stereocenters. The fraction of sp³-hybridized carbons (Fsp3) is 0.118. The van der Waals surface area contributed by atoms with E-state index in [1.165, 1.54) is 18.3 Å². The van der Waals surface area contributed by atoms with Crippen LogP contribution in [0, 0.1) is 0 Å². The highest BCUT2D eigenvalue weighted by Crippen LogP contribution is 2.14. The predicted octanol–water partition coefficient (Wildman–Crippen LogP) is 2.32. The second-order valence-electron chi connectivity index (χ2n) is 4.87. The molecule has 2 amide bonds. The lowest BCUT2D eigenvalue weighted by atomic mass is 10.2. The number of carbonyl (C=O) groups excluding carboxylic acids is 2. The maximum absolute atomic E-state index is 11.9. The molecule has 0 radical (unpaired) electrons. The van der Waals surface area contributed by atoms with Crippen LogP contribution in [0.4, 0.5) is 0 Å². The van der Waals surface area contributed by atoms with Gasteiger partial charge in [-0.1, -0.05) is 23.7 Å². The molecule has 0 saturated heterocycles. The largest absolute Gasteiger partial charge is 0.508 e. The zero-order chi connectivity index (χ0) is 17.4. The molecule has 124 valence electrons. The molecule has 6 nitrogen and oxygen atoms in total. The number of halogens is 1. The summed E-state index contributed by atoms with van der Waals surface area (Å²) >= 11 is 5.92. The molecule has 0 spiro atoms. The van der Waals surface area contributed by atoms with Crippen molar-refractivity contribution in [2.75, 3.05) is 6.54 Å². The van der Waals surface area contributed by atoms with Crippen LogP contribution in [-0.4, -0.2) is 29.7 Å². The number of rotatable bonds is 6. The van der Waals surface area contributed by atoms with Crippen molar-refractivity contribution in [2.24, 2.45) is 5.10 Å². The molecule has 7 heteroatoms. The van der Waals surface area contributed by atoms with E-state index in [-0.39, 0.29) is 30.5 Å². The molecule has 0 aliphatic heterocycles. The normalized spacial score (nSPS) is 10.5. The Morgan fingerprint density at radius 1 is 1.12 bits per heavy atom. The van der Waals surface area contributed by atoms with Crippen molar-refractivity contribution in [2.45, 2.75) is 6.42 Å². The van der Waals surface area contributed by atoms with Gasteiger partial charge in [0.05, 0.1) is 16.8 Å². The summed E-state index contributed by atoms with van der Waals surface area (Å²) in [5.41, 5.74) is 3.46. The Hall–Kier alpha value is -2.86. The van der Waals surface area contributed by atoms with Gasteiger partial charge in [-0.2, -0.15) is 5.10 Å². The molecule has 0 bridgehead atoms. The monoisotopic (exact) mass is 345 g/mol. The van der Waals surface area contributed by atoms with Crippen molar-refractivity contribution in [3.05, 3.63) is 64.7 Å². The van der Waals surface area contributed by atoms with E-state index in [1.807, 2.05) is 0 Å². The third-order valence-electron chi connectivity index (χ3n) is 3.05. The summed E-state index contributed by atoms with van der Waals surface area (Å²) in [6, 6.07) is 13.1. The molecule has 0 saturated carbocycles. The van der Waals surface area contributed by atoms with E-state index in [0.29, 0.717) is 10.6 Å².